The number of hydrogen-bond acceptors (Lipinski definition) is 4. The van der Waals surface area contributed by atoms with Crippen molar-refractivity contribution < 1.29 is 18.3 Å². The molecule has 39 heavy (non-hydrogen) atoms. The number of nitrogens with zero attached hydrogens (tertiary/aromatic N) is 3. The zero-order chi connectivity index (χ0) is 27.6. The van der Waals surface area contributed by atoms with Gasteiger partial charge in [-0.1, -0.05) is 42.8 Å². The first-order chi connectivity index (χ1) is 18.7. The Hall–Kier alpha value is -3.65. The highest BCUT2D eigenvalue weighted by Crippen LogP contribution is 2.32. The van der Waals surface area contributed by atoms with Crippen LogP contribution in [0.2, 0.25) is 5.02 Å². The number of nitrogens with one attached hydrogen (secondary N) is 1. The molecule has 0 bridgehead atoms. The van der Waals surface area contributed by atoms with Crippen molar-refractivity contribution in [2.75, 3.05) is 18.0 Å². The van der Waals surface area contributed by atoms with Crippen molar-refractivity contribution >= 4 is 28.8 Å². The highest BCUT2D eigenvalue weighted by molar-refractivity contribution is 6.30. The van der Waals surface area contributed by atoms with E-state index in [4.69, 9.17) is 11.6 Å². The molecule has 2 aromatic carbocycles. The maximum atomic E-state index is 13.1. The lowest BCUT2D eigenvalue weighted by atomic mass is 9.89. The van der Waals surface area contributed by atoms with Crippen LogP contribution in [0.3, 0.4) is 0 Å². The molecule has 1 amide bonds. The Morgan fingerprint density at radius 3 is 2.41 bits per heavy atom. The van der Waals surface area contributed by atoms with Crippen LogP contribution in [0.1, 0.15) is 59.9 Å². The van der Waals surface area contributed by atoms with Gasteiger partial charge >= 0.3 is 6.11 Å². The highest BCUT2D eigenvalue weighted by atomic mass is 35.5. The van der Waals surface area contributed by atoms with Gasteiger partial charge in [-0.3, -0.25) is 9.20 Å². The number of carbonyl (C=O) groups is 1. The topological polar surface area (TPSA) is 58.9 Å². The molecule has 3 heterocycles. The number of carbonyl (C=O) groups excluding carboxylic acids is 1. The smallest absolute Gasteiger partial charge is 0.394 e. The summed E-state index contributed by atoms with van der Waals surface area (Å²) in [6.07, 6.45) is 1.13. The lowest BCUT2D eigenvalue weighted by molar-refractivity contribution is -0.158. The molecule has 0 aliphatic carbocycles. The number of pyridine rings is 1. The summed E-state index contributed by atoms with van der Waals surface area (Å²) in [6.45, 7) is 4.93. The van der Waals surface area contributed by atoms with Crippen LogP contribution in [0, 0.1) is 0 Å². The average Bonchev–Trinajstić information content (AvgIpc) is 3.29. The fraction of sp³-hybridized carbons (Fsp3) is 0.333. The van der Waals surface area contributed by atoms with E-state index in [9.17, 15) is 13.6 Å². The van der Waals surface area contributed by atoms with Crippen LogP contribution in [0.25, 0.3) is 5.65 Å². The SMILES string of the molecule is CCc1nc2ccc(Cl)cn2c1C(=O)NCc1ccc(N2CCC(c3ccc(OC(C)(F)F)cc3)CC2)cc1. The van der Waals surface area contributed by atoms with E-state index in [1.165, 1.54) is 0 Å². The number of ether oxygens (including phenoxy) is 1. The number of amides is 1. The standard InChI is InChI=1S/C30H31ClF2N4O2/c1-3-26-28(37-19-23(31)8-13-27(37)35-26)29(38)34-18-20-4-9-24(10-5-20)36-16-14-22(15-17-36)21-6-11-25(12-7-21)39-30(2,32)33/h4-13,19,22H,3,14-18H2,1-2H3,(H,34,38). The number of hydrogen-bond donors (Lipinski definition) is 1. The summed E-state index contributed by atoms with van der Waals surface area (Å²) >= 11 is 6.15. The van der Waals surface area contributed by atoms with Crippen molar-refractivity contribution in [1.82, 2.24) is 14.7 Å². The molecule has 0 radical (unpaired) electrons. The minimum absolute atomic E-state index is 0.175. The molecule has 5 rings (SSSR count). The predicted octanol–water partition coefficient (Wildman–Crippen LogP) is 6.86. The van der Waals surface area contributed by atoms with Gasteiger partial charge in [0.05, 0.1) is 10.7 Å². The zero-order valence-corrected chi connectivity index (χ0v) is 22.7. The number of aryl methyl sites for hydroxylation is 1. The van der Waals surface area contributed by atoms with E-state index >= 15 is 0 Å². The van der Waals surface area contributed by atoms with Crippen molar-refractivity contribution in [3.63, 3.8) is 0 Å². The molecule has 0 unspecified atom stereocenters. The summed E-state index contributed by atoms with van der Waals surface area (Å²) in [5.74, 6) is 0.374. The first kappa shape index (κ1) is 26.9. The van der Waals surface area contributed by atoms with Crippen molar-refractivity contribution in [3.05, 3.63) is 94.4 Å². The van der Waals surface area contributed by atoms with Gasteiger partial charge < -0.3 is 15.0 Å². The van der Waals surface area contributed by atoms with E-state index in [0.29, 0.717) is 35.2 Å². The number of anilines is 1. The Morgan fingerprint density at radius 2 is 1.77 bits per heavy atom. The largest absolute Gasteiger partial charge is 0.433 e. The zero-order valence-electron chi connectivity index (χ0n) is 22.0. The van der Waals surface area contributed by atoms with Crippen molar-refractivity contribution in [2.24, 2.45) is 0 Å². The molecule has 0 spiro atoms. The summed E-state index contributed by atoms with van der Waals surface area (Å²) < 4.78 is 32.5. The monoisotopic (exact) mass is 552 g/mol. The van der Waals surface area contributed by atoms with Crippen LogP contribution in [0.5, 0.6) is 5.75 Å². The molecule has 0 atom stereocenters. The molecule has 2 aromatic heterocycles. The summed E-state index contributed by atoms with van der Waals surface area (Å²) in [4.78, 5) is 20.0. The Bertz CT molecular complexity index is 1440. The van der Waals surface area contributed by atoms with E-state index in [0.717, 1.165) is 55.4 Å². The summed E-state index contributed by atoms with van der Waals surface area (Å²) in [7, 11) is 0. The van der Waals surface area contributed by atoms with E-state index in [1.54, 1.807) is 28.8 Å². The van der Waals surface area contributed by atoms with Gasteiger partial charge in [0.15, 0.2) is 0 Å². The summed E-state index contributed by atoms with van der Waals surface area (Å²) in [5, 5.41) is 3.56. The van der Waals surface area contributed by atoms with Gasteiger partial charge in [-0.15, -0.1) is 0 Å². The number of fused-ring (bicyclic) bond motifs is 1. The predicted molar refractivity (Wildman–Crippen MR) is 149 cm³/mol. The van der Waals surface area contributed by atoms with Crippen LogP contribution in [-0.4, -0.2) is 34.5 Å². The lowest BCUT2D eigenvalue weighted by Gasteiger charge is -2.34. The Kier molecular flexibility index (Phi) is 7.75. The number of alkyl halides is 2. The summed E-state index contributed by atoms with van der Waals surface area (Å²) in [6, 6.07) is 18.8. The first-order valence-corrected chi connectivity index (χ1v) is 13.5. The van der Waals surface area contributed by atoms with Gasteiger partial charge in [0.1, 0.15) is 17.1 Å². The first-order valence-electron chi connectivity index (χ1n) is 13.2. The molecule has 0 saturated carbocycles. The number of imidazole rings is 1. The molecule has 1 N–H and O–H groups in total. The van der Waals surface area contributed by atoms with Gasteiger partial charge in [0.2, 0.25) is 0 Å². The van der Waals surface area contributed by atoms with Crippen molar-refractivity contribution in [2.45, 2.75) is 51.7 Å². The fourth-order valence-corrected chi connectivity index (χ4v) is 5.29. The third-order valence-corrected chi connectivity index (χ3v) is 7.33. The number of aromatic nitrogens is 2. The number of piperidine rings is 1. The normalized spacial score (nSPS) is 14.5. The molecular weight excluding hydrogens is 522 g/mol. The average molecular weight is 553 g/mol. The van der Waals surface area contributed by atoms with E-state index in [2.05, 4.69) is 32.1 Å². The second-order valence-corrected chi connectivity index (χ2v) is 10.4. The summed E-state index contributed by atoms with van der Waals surface area (Å²) in [5.41, 5.74) is 5.24. The van der Waals surface area contributed by atoms with Gasteiger partial charge in [0, 0.05) is 38.4 Å². The fourth-order valence-electron chi connectivity index (χ4n) is 5.13. The Balaban J connectivity index is 1.16. The Labute approximate surface area is 231 Å². The Morgan fingerprint density at radius 1 is 1.08 bits per heavy atom. The molecule has 1 saturated heterocycles. The molecule has 1 aliphatic heterocycles. The number of benzene rings is 2. The third-order valence-electron chi connectivity index (χ3n) is 7.10. The van der Waals surface area contributed by atoms with E-state index < -0.39 is 6.11 Å². The minimum Gasteiger partial charge on any atom is -0.433 e. The van der Waals surface area contributed by atoms with Gasteiger partial charge in [-0.05, 0) is 72.7 Å². The van der Waals surface area contributed by atoms with Crippen LogP contribution >= 0.6 is 11.6 Å². The molecule has 1 fully saturated rings. The van der Waals surface area contributed by atoms with Crippen LogP contribution < -0.4 is 15.0 Å². The molecule has 6 nitrogen and oxygen atoms in total. The van der Waals surface area contributed by atoms with Gasteiger partial charge in [-0.25, -0.2) is 4.98 Å². The number of rotatable bonds is 8. The van der Waals surface area contributed by atoms with Gasteiger partial charge in [0.25, 0.3) is 5.91 Å². The second kappa shape index (κ2) is 11.2. The second-order valence-electron chi connectivity index (χ2n) is 9.93. The molecule has 1 aliphatic rings. The van der Waals surface area contributed by atoms with E-state index in [1.807, 2.05) is 37.3 Å². The van der Waals surface area contributed by atoms with E-state index in [-0.39, 0.29) is 11.7 Å². The lowest BCUT2D eigenvalue weighted by Crippen LogP contribution is -2.32. The molecule has 9 heteroatoms. The maximum absolute atomic E-state index is 13.1. The van der Waals surface area contributed by atoms with Gasteiger partial charge in [-0.2, -0.15) is 8.78 Å². The van der Waals surface area contributed by atoms with Crippen LogP contribution in [0.15, 0.2) is 66.9 Å². The third kappa shape index (κ3) is 6.33. The quantitative estimate of drug-likeness (QED) is 0.259. The van der Waals surface area contributed by atoms with Crippen LogP contribution in [-0.2, 0) is 13.0 Å². The van der Waals surface area contributed by atoms with Crippen LogP contribution in [0.4, 0.5) is 14.5 Å². The molecular formula is C30H31ClF2N4O2. The molecule has 204 valence electrons. The molecule has 4 aromatic rings. The minimum atomic E-state index is -3.18. The van der Waals surface area contributed by atoms with Crippen molar-refractivity contribution in [1.29, 1.82) is 0 Å². The van der Waals surface area contributed by atoms with Crippen molar-refractivity contribution in [3.8, 4) is 5.75 Å². The highest BCUT2D eigenvalue weighted by Gasteiger charge is 2.24. The number of halogens is 3. The maximum Gasteiger partial charge on any atom is 0.394 e.